The molecule has 0 aliphatic heterocycles. The van der Waals surface area contributed by atoms with Crippen LogP contribution in [0.25, 0.3) is 0 Å². The lowest BCUT2D eigenvalue weighted by Crippen LogP contribution is -2.27. The number of hydrogen-bond donors (Lipinski definition) is 0. The van der Waals surface area contributed by atoms with Crippen molar-refractivity contribution in [2.24, 2.45) is 14.1 Å². The molecule has 2 aromatic heterocycles. The van der Waals surface area contributed by atoms with Crippen LogP contribution in [-0.4, -0.2) is 39.3 Å². The van der Waals surface area contributed by atoms with Gasteiger partial charge in [-0.15, -0.1) is 0 Å². The maximum Gasteiger partial charge on any atom is 0.246 e. The highest BCUT2D eigenvalue weighted by Gasteiger charge is 2.24. The van der Waals surface area contributed by atoms with Gasteiger partial charge in [-0.1, -0.05) is 0 Å². The molecule has 9 heteroatoms. The molecule has 0 amide bonds. The van der Waals surface area contributed by atoms with Gasteiger partial charge in [-0.3, -0.25) is 9.36 Å². The zero-order chi connectivity index (χ0) is 14.2. The van der Waals surface area contributed by atoms with Gasteiger partial charge in [0, 0.05) is 27.3 Å². The first-order chi connectivity index (χ1) is 8.82. The summed E-state index contributed by atoms with van der Waals surface area (Å²) in [6.45, 7) is 0.230. The lowest BCUT2D eigenvalue weighted by molar-refractivity contribution is 0.452. The van der Waals surface area contributed by atoms with Crippen LogP contribution >= 0.6 is 15.9 Å². The van der Waals surface area contributed by atoms with E-state index in [1.165, 1.54) is 28.4 Å². The number of hydrogen-bond acceptors (Lipinski definition) is 4. The average molecular weight is 348 g/mol. The monoisotopic (exact) mass is 347 g/mol. The molecule has 7 nitrogen and oxygen atoms in total. The van der Waals surface area contributed by atoms with E-state index in [0.717, 1.165) is 10.2 Å². The quantitative estimate of drug-likeness (QED) is 0.817. The second-order valence-electron chi connectivity index (χ2n) is 4.17. The molecule has 0 aliphatic rings. The number of sulfonamides is 1. The predicted octanol–water partition coefficient (Wildman–Crippen LogP) is 0.737. The Morgan fingerprint density at radius 1 is 1.32 bits per heavy atom. The van der Waals surface area contributed by atoms with E-state index in [9.17, 15) is 8.42 Å². The minimum Gasteiger partial charge on any atom is -0.274 e. The molecule has 104 valence electrons. The molecule has 0 fully saturated rings. The third-order valence-corrected chi connectivity index (χ3v) is 5.19. The summed E-state index contributed by atoms with van der Waals surface area (Å²) >= 11 is 3.35. The van der Waals surface area contributed by atoms with Crippen molar-refractivity contribution in [2.75, 3.05) is 7.05 Å². The molecule has 0 radical (unpaired) electrons. The van der Waals surface area contributed by atoms with Crippen molar-refractivity contribution >= 4 is 26.0 Å². The fourth-order valence-electron chi connectivity index (χ4n) is 1.62. The van der Waals surface area contributed by atoms with Crippen LogP contribution in [0.4, 0.5) is 0 Å². The van der Waals surface area contributed by atoms with E-state index < -0.39 is 10.0 Å². The Balaban J connectivity index is 2.27. The Morgan fingerprint density at radius 3 is 2.47 bits per heavy atom. The Hall–Kier alpha value is -1.19. The zero-order valence-corrected chi connectivity index (χ0v) is 13.2. The molecule has 2 aromatic rings. The standard InChI is InChI=1S/C10H14BrN5O2S/c1-14-6-8(4-12-14)19(17,18)15(2)7-10-9(11)5-13-16(10)3/h4-6H,7H2,1-3H3. The van der Waals surface area contributed by atoms with Gasteiger partial charge in [-0.05, 0) is 15.9 Å². The highest BCUT2D eigenvalue weighted by Crippen LogP contribution is 2.20. The molecule has 2 rings (SSSR count). The summed E-state index contributed by atoms with van der Waals surface area (Å²) in [5.74, 6) is 0. The third-order valence-electron chi connectivity index (χ3n) is 2.77. The first-order valence-corrected chi connectivity index (χ1v) is 7.67. The summed E-state index contributed by atoms with van der Waals surface area (Å²) in [6.07, 6.45) is 4.45. The highest BCUT2D eigenvalue weighted by atomic mass is 79.9. The SMILES string of the molecule is CN(Cc1c(Br)cnn1C)S(=O)(=O)c1cnn(C)c1. The minimum atomic E-state index is -3.54. The molecular formula is C10H14BrN5O2S. The fourth-order valence-corrected chi connectivity index (χ4v) is 3.21. The molecule has 2 heterocycles. The van der Waals surface area contributed by atoms with Crippen molar-refractivity contribution in [3.63, 3.8) is 0 Å². The summed E-state index contributed by atoms with van der Waals surface area (Å²) < 4.78 is 29.8. The first kappa shape index (κ1) is 14.2. The number of nitrogens with zero attached hydrogens (tertiary/aromatic N) is 5. The first-order valence-electron chi connectivity index (χ1n) is 5.43. The van der Waals surface area contributed by atoms with Crippen molar-refractivity contribution in [3.05, 3.63) is 28.8 Å². The van der Waals surface area contributed by atoms with Crippen LogP contribution in [0.15, 0.2) is 28.0 Å². The zero-order valence-electron chi connectivity index (χ0n) is 10.8. The van der Waals surface area contributed by atoms with Crippen LogP contribution in [-0.2, 0) is 30.7 Å². The van der Waals surface area contributed by atoms with Gasteiger partial charge in [0.25, 0.3) is 0 Å². The normalized spacial score (nSPS) is 12.3. The number of aromatic nitrogens is 4. The molecule has 0 unspecified atom stereocenters. The van der Waals surface area contributed by atoms with Crippen molar-refractivity contribution in [1.29, 1.82) is 0 Å². The second-order valence-corrected chi connectivity index (χ2v) is 7.07. The van der Waals surface area contributed by atoms with Gasteiger partial charge < -0.3 is 0 Å². The summed E-state index contributed by atoms with van der Waals surface area (Å²) in [6, 6.07) is 0. The van der Waals surface area contributed by atoms with Crippen LogP contribution in [0.1, 0.15) is 5.69 Å². The van der Waals surface area contributed by atoms with Crippen LogP contribution in [0.3, 0.4) is 0 Å². The molecule has 0 aliphatic carbocycles. The largest absolute Gasteiger partial charge is 0.274 e. The van der Waals surface area contributed by atoms with E-state index in [1.807, 2.05) is 0 Å². The maximum atomic E-state index is 12.3. The summed E-state index contributed by atoms with van der Waals surface area (Å²) in [7, 11) is 1.44. The topological polar surface area (TPSA) is 73.0 Å². The van der Waals surface area contributed by atoms with Crippen molar-refractivity contribution in [1.82, 2.24) is 23.9 Å². The molecule has 0 atom stereocenters. The molecule has 0 bridgehead atoms. The van der Waals surface area contributed by atoms with Crippen LogP contribution in [0.2, 0.25) is 0 Å². The Bertz CT molecular complexity index is 671. The van der Waals surface area contributed by atoms with Gasteiger partial charge >= 0.3 is 0 Å². The fraction of sp³-hybridized carbons (Fsp3) is 0.400. The molecule has 0 spiro atoms. The summed E-state index contributed by atoms with van der Waals surface area (Å²) in [5.41, 5.74) is 0.787. The number of aryl methyl sites for hydroxylation is 2. The smallest absolute Gasteiger partial charge is 0.246 e. The summed E-state index contributed by atoms with van der Waals surface area (Å²) in [5, 5.41) is 7.94. The van der Waals surface area contributed by atoms with Gasteiger partial charge in [0.15, 0.2) is 0 Å². The van der Waals surface area contributed by atoms with E-state index in [1.54, 1.807) is 25.0 Å². The average Bonchev–Trinajstić information content (AvgIpc) is 2.90. The van der Waals surface area contributed by atoms with Crippen molar-refractivity contribution < 1.29 is 8.42 Å². The molecule has 0 aromatic carbocycles. The van der Waals surface area contributed by atoms with Gasteiger partial charge in [0.2, 0.25) is 10.0 Å². The summed E-state index contributed by atoms with van der Waals surface area (Å²) in [4.78, 5) is 0.177. The van der Waals surface area contributed by atoms with Crippen LogP contribution < -0.4 is 0 Å². The molecule has 0 saturated carbocycles. The number of rotatable bonds is 4. The van der Waals surface area contributed by atoms with Gasteiger partial charge in [-0.2, -0.15) is 14.5 Å². The van der Waals surface area contributed by atoms with E-state index in [-0.39, 0.29) is 11.4 Å². The third kappa shape index (κ3) is 2.72. The lowest BCUT2D eigenvalue weighted by atomic mass is 10.4. The van der Waals surface area contributed by atoms with Gasteiger partial charge in [-0.25, -0.2) is 8.42 Å². The molecule has 19 heavy (non-hydrogen) atoms. The van der Waals surface area contributed by atoms with Gasteiger partial charge in [0.05, 0.1) is 29.1 Å². The van der Waals surface area contributed by atoms with E-state index >= 15 is 0 Å². The Labute approximate surface area is 120 Å². The lowest BCUT2D eigenvalue weighted by Gasteiger charge is -2.16. The molecule has 0 saturated heterocycles. The van der Waals surface area contributed by atoms with E-state index in [4.69, 9.17) is 0 Å². The Kier molecular flexibility index (Phi) is 3.79. The maximum absolute atomic E-state index is 12.3. The highest BCUT2D eigenvalue weighted by molar-refractivity contribution is 9.10. The van der Waals surface area contributed by atoms with E-state index in [2.05, 4.69) is 26.1 Å². The Morgan fingerprint density at radius 2 is 2.00 bits per heavy atom. The predicted molar refractivity (Wildman–Crippen MR) is 72.8 cm³/mol. The van der Waals surface area contributed by atoms with Gasteiger partial charge in [0.1, 0.15) is 4.90 Å². The molecular weight excluding hydrogens is 334 g/mol. The number of halogens is 1. The minimum absolute atomic E-state index is 0.177. The van der Waals surface area contributed by atoms with Crippen LogP contribution in [0, 0.1) is 0 Å². The molecule has 0 N–H and O–H groups in total. The van der Waals surface area contributed by atoms with E-state index in [0.29, 0.717) is 0 Å². The van der Waals surface area contributed by atoms with Crippen molar-refractivity contribution in [3.8, 4) is 0 Å². The van der Waals surface area contributed by atoms with Crippen molar-refractivity contribution in [2.45, 2.75) is 11.4 Å². The van der Waals surface area contributed by atoms with Crippen LogP contribution in [0.5, 0.6) is 0 Å². The second kappa shape index (κ2) is 5.06.